The molecule has 6 fully saturated rings. The van der Waals surface area contributed by atoms with Gasteiger partial charge in [0.1, 0.15) is 23.7 Å². The molecule has 44 heavy (non-hydrogen) atoms. The Kier molecular flexibility index (Phi) is 7.45. The van der Waals surface area contributed by atoms with Crippen molar-refractivity contribution in [1.29, 1.82) is 0 Å². The number of carbonyl (C=O) groups is 4. The van der Waals surface area contributed by atoms with E-state index >= 15 is 0 Å². The minimum absolute atomic E-state index is 0.0480. The summed E-state index contributed by atoms with van der Waals surface area (Å²) < 4.78 is 33.0. The number of hydrogen-bond acceptors (Lipinski definition) is 7. The SMILES string of the molecule is C=C[C@@H]1C[C@]1(NC(=O)[C@@H]1C[C@@]2(CN1C(=O)[C@@H](NC(=O)OC1CCCC1)C(C)C)C(C)(C)C21CCC1)C(=O)NS(=O)(=O)C1CC1. The second-order valence-electron chi connectivity index (χ2n) is 15.2. The van der Waals surface area contributed by atoms with Crippen LogP contribution in [-0.4, -0.2) is 72.7 Å². The normalized spacial score (nSPS) is 33.9. The highest BCUT2D eigenvalue weighted by atomic mass is 32.2. The van der Waals surface area contributed by atoms with Gasteiger partial charge in [0.2, 0.25) is 21.8 Å². The predicted octanol–water partition coefficient (Wildman–Crippen LogP) is 3.15. The molecule has 0 aromatic rings. The summed E-state index contributed by atoms with van der Waals surface area (Å²) >= 11 is 0. The highest BCUT2D eigenvalue weighted by Crippen LogP contribution is 2.88. The predicted molar refractivity (Wildman–Crippen MR) is 162 cm³/mol. The van der Waals surface area contributed by atoms with Crippen molar-refractivity contribution < 1.29 is 32.3 Å². The number of sulfonamides is 1. The Labute approximate surface area is 260 Å². The molecule has 0 radical (unpaired) electrons. The van der Waals surface area contributed by atoms with Crippen LogP contribution in [0.15, 0.2) is 12.7 Å². The third kappa shape index (κ3) is 4.67. The molecule has 0 aromatic heterocycles. The topological polar surface area (TPSA) is 151 Å². The number of nitrogens with one attached hydrogen (secondary N) is 3. The van der Waals surface area contributed by atoms with E-state index < -0.39 is 56.7 Å². The largest absolute Gasteiger partial charge is 0.446 e. The smallest absolute Gasteiger partial charge is 0.408 e. The van der Waals surface area contributed by atoms with Crippen LogP contribution >= 0.6 is 0 Å². The lowest BCUT2D eigenvalue weighted by Crippen LogP contribution is -2.59. The van der Waals surface area contributed by atoms with Gasteiger partial charge in [-0.2, -0.15) is 0 Å². The van der Waals surface area contributed by atoms with Gasteiger partial charge in [-0.3, -0.25) is 19.1 Å². The molecule has 0 unspecified atom stereocenters. The van der Waals surface area contributed by atoms with Gasteiger partial charge in [0.15, 0.2) is 0 Å². The number of fused-ring (bicyclic) bond motifs is 1. The second-order valence-corrected chi connectivity index (χ2v) is 17.1. The van der Waals surface area contributed by atoms with Gasteiger partial charge in [-0.25, -0.2) is 13.2 Å². The third-order valence-corrected chi connectivity index (χ3v) is 14.2. The molecule has 0 aromatic carbocycles. The molecule has 12 heteroatoms. The quantitative estimate of drug-likeness (QED) is 0.313. The van der Waals surface area contributed by atoms with Gasteiger partial charge < -0.3 is 20.3 Å². The lowest BCUT2D eigenvalue weighted by Gasteiger charge is -2.32. The van der Waals surface area contributed by atoms with E-state index in [4.69, 9.17) is 4.74 Å². The molecule has 1 aliphatic heterocycles. The summed E-state index contributed by atoms with van der Waals surface area (Å²) in [4.78, 5) is 56.4. The first-order valence-corrected chi connectivity index (χ1v) is 18.0. The number of rotatable bonds is 10. The summed E-state index contributed by atoms with van der Waals surface area (Å²) in [5.74, 6) is -2.27. The Hall–Kier alpha value is -2.63. The van der Waals surface area contributed by atoms with Crippen LogP contribution in [0.4, 0.5) is 4.79 Å². The van der Waals surface area contributed by atoms with Crippen LogP contribution in [0.25, 0.3) is 0 Å². The van der Waals surface area contributed by atoms with E-state index in [1.807, 2.05) is 13.8 Å². The monoisotopic (exact) mass is 632 g/mol. The van der Waals surface area contributed by atoms with Gasteiger partial charge in [-0.1, -0.05) is 40.2 Å². The molecular weight excluding hydrogens is 584 g/mol. The van der Waals surface area contributed by atoms with Crippen molar-refractivity contribution in [1.82, 2.24) is 20.3 Å². The minimum atomic E-state index is -3.82. The van der Waals surface area contributed by atoms with Crippen molar-refractivity contribution in [2.45, 2.75) is 127 Å². The molecule has 4 amide bonds. The fourth-order valence-electron chi connectivity index (χ4n) is 9.09. The highest BCUT2D eigenvalue weighted by Gasteiger charge is 2.85. The second kappa shape index (κ2) is 10.5. The van der Waals surface area contributed by atoms with E-state index in [1.165, 1.54) is 0 Å². The van der Waals surface area contributed by atoms with Crippen molar-refractivity contribution in [3.8, 4) is 0 Å². The van der Waals surface area contributed by atoms with E-state index in [0.29, 0.717) is 25.8 Å². The molecule has 2 spiro atoms. The molecule has 6 rings (SSSR count). The molecule has 244 valence electrons. The molecule has 11 nitrogen and oxygen atoms in total. The van der Waals surface area contributed by atoms with Gasteiger partial charge in [0.25, 0.3) is 5.91 Å². The van der Waals surface area contributed by atoms with Crippen LogP contribution in [0.1, 0.15) is 98.3 Å². The van der Waals surface area contributed by atoms with Gasteiger partial charge in [-0.15, -0.1) is 6.58 Å². The number of alkyl carbamates (subject to hydrolysis) is 1. The lowest BCUT2D eigenvalue weighted by molar-refractivity contribution is -0.141. The van der Waals surface area contributed by atoms with Gasteiger partial charge in [-0.05, 0) is 81.0 Å². The van der Waals surface area contributed by atoms with Crippen molar-refractivity contribution >= 4 is 33.8 Å². The average Bonchev–Trinajstić information content (AvgIpc) is 3.85. The number of carbonyl (C=O) groups excluding carboxylic acids is 4. The molecule has 5 saturated carbocycles. The molecule has 6 aliphatic rings. The zero-order valence-electron chi connectivity index (χ0n) is 26.4. The van der Waals surface area contributed by atoms with Crippen LogP contribution in [-0.2, 0) is 29.1 Å². The van der Waals surface area contributed by atoms with Crippen LogP contribution in [0.5, 0.6) is 0 Å². The molecule has 1 heterocycles. The fraction of sp³-hybridized carbons (Fsp3) is 0.812. The third-order valence-electron chi connectivity index (χ3n) is 12.4. The van der Waals surface area contributed by atoms with E-state index in [0.717, 1.165) is 44.9 Å². The van der Waals surface area contributed by atoms with Crippen LogP contribution in [0, 0.1) is 28.1 Å². The fourth-order valence-corrected chi connectivity index (χ4v) is 10.5. The molecule has 5 atom stereocenters. The summed E-state index contributed by atoms with van der Waals surface area (Å²) in [5, 5.41) is 5.12. The summed E-state index contributed by atoms with van der Waals surface area (Å²) in [7, 11) is -3.82. The Morgan fingerprint density at radius 3 is 2.14 bits per heavy atom. The summed E-state index contributed by atoms with van der Waals surface area (Å²) in [6.07, 6.45) is 9.31. The molecule has 0 bridgehead atoms. The molecule has 3 N–H and O–H groups in total. The number of hydrogen-bond donors (Lipinski definition) is 3. The van der Waals surface area contributed by atoms with Crippen LogP contribution < -0.4 is 15.4 Å². The lowest BCUT2D eigenvalue weighted by atomic mass is 9.73. The number of ether oxygens (including phenoxy) is 1. The maximum absolute atomic E-state index is 14.3. The van der Waals surface area contributed by atoms with E-state index in [2.05, 4.69) is 35.8 Å². The van der Waals surface area contributed by atoms with Crippen LogP contribution in [0.2, 0.25) is 0 Å². The van der Waals surface area contributed by atoms with E-state index in [9.17, 15) is 27.6 Å². The first kappa shape index (κ1) is 31.4. The van der Waals surface area contributed by atoms with Crippen LogP contribution in [0.3, 0.4) is 0 Å². The van der Waals surface area contributed by atoms with Gasteiger partial charge >= 0.3 is 6.09 Å². The summed E-state index contributed by atoms with van der Waals surface area (Å²) in [6.45, 7) is 12.3. The first-order valence-electron chi connectivity index (χ1n) is 16.4. The molecule has 5 aliphatic carbocycles. The summed E-state index contributed by atoms with van der Waals surface area (Å²) in [5.41, 5.74) is -1.72. The highest BCUT2D eigenvalue weighted by molar-refractivity contribution is 7.91. The number of likely N-dealkylation sites (tertiary alicyclic amines) is 1. The zero-order chi connectivity index (χ0) is 31.9. The van der Waals surface area contributed by atoms with Crippen molar-refractivity contribution in [2.24, 2.45) is 28.1 Å². The average molecular weight is 633 g/mol. The molecule has 1 saturated heterocycles. The van der Waals surface area contributed by atoms with E-state index in [-0.39, 0.29) is 40.6 Å². The van der Waals surface area contributed by atoms with Gasteiger partial charge in [0.05, 0.1) is 5.25 Å². The standard InChI is InChI=1S/C32H48N4O7S/c1-6-20-16-32(20,27(39)35-44(41,42)22-12-13-22)34-25(37)23-17-31(29(4,5)30(31)14-9-15-30)18-36(23)26(38)24(19(2)3)33-28(40)43-21-10-7-8-11-21/h6,19-24H,1,7-18H2,2-5H3,(H,33,40)(H,34,37)(H,35,39)/t20-,23+,24+,31-,32-/m1/s1. The Morgan fingerprint density at radius 1 is 0.977 bits per heavy atom. The molecular formula is C32H48N4O7S. The Morgan fingerprint density at radius 2 is 1.64 bits per heavy atom. The zero-order valence-corrected chi connectivity index (χ0v) is 27.3. The Bertz CT molecular complexity index is 1360. The number of nitrogens with zero attached hydrogens (tertiary/aromatic N) is 1. The Balaban J connectivity index is 1.24. The van der Waals surface area contributed by atoms with Crippen molar-refractivity contribution in [3.63, 3.8) is 0 Å². The maximum Gasteiger partial charge on any atom is 0.408 e. The maximum atomic E-state index is 14.3. The summed E-state index contributed by atoms with van der Waals surface area (Å²) in [6, 6.07) is -1.76. The first-order chi connectivity index (χ1) is 20.6. The van der Waals surface area contributed by atoms with E-state index in [1.54, 1.807) is 11.0 Å². The van der Waals surface area contributed by atoms with Gasteiger partial charge in [0, 0.05) is 17.9 Å². The van der Waals surface area contributed by atoms with Crippen molar-refractivity contribution in [3.05, 3.63) is 12.7 Å². The van der Waals surface area contributed by atoms with Crippen molar-refractivity contribution in [2.75, 3.05) is 6.54 Å². The number of amides is 4. The minimum Gasteiger partial charge on any atom is -0.446 e.